The maximum atomic E-state index is 11.8. The minimum atomic E-state index is -0.377. The summed E-state index contributed by atoms with van der Waals surface area (Å²) >= 11 is 1.71. The molecule has 0 aromatic heterocycles. The molecule has 2 aromatic carbocycles. The van der Waals surface area contributed by atoms with E-state index in [1.54, 1.807) is 11.8 Å². The van der Waals surface area contributed by atoms with Crippen molar-refractivity contribution in [2.24, 2.45) is 0 Å². The van der Waals surface area contributed by atoms with Gasteiger partial charge in [0.05, 0.1) is 13.5 Å². The van der Waals surface area contributed by atoms with E-state index in [2.05, 4.69) is 23.5 Å². The van der Waals surface area contributed by atoms with Crippen LogP contribution in [0.5, 0.6) is 0 Å². The van der Waals surface area contributed by atoms with Crippen molar-refractivity contribution in [1.82, 2.24) is 0 Å². The maximum Gasteiger partial charge on any atom is 0.308 e. The first-order chi connectivity index (χ1) is 10.2. The van der Waals surface area contributed by atoms with Crippen LogP contribution in [0.2, 0.25) is 0 Å². The first-order valence-corrected chi connectivity index (χ1v) is 7.69. The third-order valence-electron chi connectivity index (χ3n) is 3.54. The van der Waals surface area contributed by atoms with E-state index >= 15 is 0 Å². The molecule has 1 unspecified atom stereocenters. The highest BCUT2D eigenvalue weighted by Gasteiger charge is 2.40. The summed E-state index contributed by atoms with van der Waals surface area (Å²) in [5.74, 6) is -0.196. The van der Waals surface area contributed by atoms with Gasteiger partial charge in [-0.05, 0) is 17.7 Å². The number of carbonyl (C=O) groups excluding carboxylic acids is 1. The molecule has 1 aliphatic heterocycles. The second-order valence-electron chi connectivity index (χ2n) is 5.13. The lowest BCUT2D eigenvalue weighted by Crippen LogP contribution is -2.36. The molecule has 0 spiro atoms. The molecule has 3 nitrogen and oxygen atoms in total. The normalized spacial score (nSPS) is 19.7. The molecule has 0 saturated carbocycles. The number of hydrogen-bond donors (Lipinski definition) is 1. The largest absolute Gasteiger partial charge is 0.469 e. The fourth-order valence-electron chi connectivity index (χ4n) is 2.59. The van der Waals surface area contributed by atoms with Gasteiger partial charge in [-0.1, -0.05) is 54.2 Å². The summed E-state index contributed by atoms with van der Waals surface area (Å²) in [6.07, 6.45) is 1.10. The molecule has 0 bridgehead atoms. The van der Waals surface area contributed by atoms with Crippen LogP contribution in [-0.2, 0) is 16.0 Å². The Hall–Kier alpha value is -1.94. The SMILES string of the molecule is COC(=O)CC1(Cc2ccccc2)Nc2ccccc2S1. The zero-order valence-electron chi connectivity index (χ0n) is 11.8. The number of methoxy groups -OCH3 is 1. The van der Waals surface area contributed by atoms with Crippen molar-refractivity contribution in [2.75, 3.05) is 12.4 Å². The number of benzene rings is 2. The van der Waals surface area contributed by atoms with Gasteiger partial charge >= 0.3 is 5.97 Å². The predicted molar refractivity (Wildman–Crippen MR) is 85.4 cm³/mol. The van der Waals surface area contributed by atoms with Crippen LogP contribution in [0.3, 0.4) is 0 Å². The Bertz CT molecular complexity index is 617. The molecule has 0 amide bonds. The quantitative estimate of drug-likeness (QED) is 0.874. The number of ether oxygens (including phenoxy) is 1. The van der Waals surface area contributed by atoms with Gasteiger partial charge in [0.15, 0.2) is 0 Å². The van der Waals surface area contributed by atoms with Gasteiger partial charge in [-0.2, -0.15) is 0 Å². The summed E-state index contributed by atoms with van der Waals surface area (Å²) in [4.78, 5) is 12.6. The van der Waals surface area contributed by atoms with Crippen molar-refractivity contribution in [3.8, 4) is 0 Å². The number of rotatable bonds is 4. The third-order valence-corrected chi connectivity index (χ3v) is 4.90. The summed E-state index contributed by atoms with van der Waals surface area (Å²) in [7, 11) is 1.44. The zero-order chi connectivity index (χ0) is 14.7. The van der Waals surface area contributed by atoms with Gasteiger partial charge in [0.25, 0.3) is 0 Å². The van der Waals surface area contributed by atoms with Gasteiger partial charge in [0.1, 0.15) is 4.87 Å². The summed E-state index contributed by atoms with van der Waals surface area (Å²) in [5, 5.41) is 3.52. The number of nitrogens with one attached hydrogen (secondary N) is 1. The van der Waals surface area contributed by atoms with E-state index in [0.717, 1.165) is 12.1 Å². The van der Waals surface area contributed by atoms with Crippen LogP contribution in [0.4, 0.5) is 5.69 Å². The standard InChI is InChI=1S/C17H17NO2S/c1-20-16(19)12-17(11-13-7-3-2-4-8-13)18-14-9-5-6-10-15(14)21-17/h2-10,18H,11-12H2,1H3. The molecule has 1 heterocycles. The number of fused-ring (bicyclic) bond motifs is 1. The third kappa shape index (κ3) is 3.05. The van der Waals surface area contributed by atoms with Crippen LogP contribution in [0.1, 0.15) is 12.0 Å². The molecule has 1 aliphatic rings. The monoisotopic (exact) mass is 299 g/mol. The number of anilines is 1. The number of thioether (sulfide) groups is 1. The lowest BCUT2D eigenvalue weighted by molar-refractivity contribution is -0.141. The second kappa shape index (κ2) is 5.82. The van der Waals surface area contributed by atoms with Gasteiger partial charge in [-0.3, -0.25) is 4.79 Å². The molecule has 1 atom stereocenters. The van der Waals surface area contributed by atoms with Gasteiger partial charge in [-0.25, -0.2) is 0 Å². The number of carbonyl (C=O) groups is 1. The number of esters is 1. The van der Waals surface area contributed by atoms with Crippen molar-refractivity contribution in [2.45, 2.75) is 22.6 Å². The molecular formula is C17H17NO2S. The van der Waals surface area contributed by atoms with E-state index in [1.165, 1.54) is 17.6 Å². The molecule has 0 radical (unpaired) electrons. The summed E-state index contributed by atoms with van der Waals surface area (Å²) < 4.78 is 4.88. The van der Waals surface area contributed by atoms with Crippen LogP contribution in [0.25, 0.3) is 0 Å². The minimum Gasteiger partial charge on any atom is -0.469 e. The van der Waals surface area contributed by atoms with Crippen LogP contribution in [-0.4, -0.2) is 18.0 Å². The average Bonchev–Trinajstić information content (AvgIpc) is 2.85. The Balaban J connectivity index is 1.89. The van der Waals surface area contributed by atoms with Gasteiger partial charge in [-0.15, -0.1) is 0 Å². The van der Waals surface area contributed by atoms with Crippen LogP contribution < -0.4 is 5.32 Å². The molecule has 3 rings (SSSR count). The Morgan fingerprint density at radius 1 is 1.14 bits per heavy atom. The van der Waals surface area contributed by atoms with Crippen LogP contribution in [0, 0.1) is 0 Å². The lowest BCUT2D eigenvalue weighted by atomic mass is 10.0. The fourth-order valence-corrected chi connectivity index (χ4v) is 3.98. The molecular weight excluding hydrogens is 282 g/mol. The summed E-state index contributed by atoms with van der Waals surface area (Å²) in [6.45, 7) is 0. The first kappa shape index (κ1) is 14.0. The summed E-state index contributed by atoms with van der Waals surface area (Å²) in [5.41, 5.74) is 2.29. The predicted octanol–water partition coefficient (Wildman–Crippen LogP) is 3.71. The Morgan fingerprint density at radius 3 is 2.57 bits per heavy atom. The average molecular weight is 299 g/mol. The van der Waals surface area contributed by atoms with Crippen molar-refractivity contribution in [3.05, 3.63) is 60.2 Å². The van der Waals surface area contributed by atoms with Crippen molar-refractivity contribution >= 4 is 23.4 Å². The zero-order valence-corrected chi connectivity index (χ0v) is 12.7. The molecule has 0 aliphatic carbocycles. The highest BCUT2D eigenvalue weighted by atomic mass is 32.2. The van der Waals surface area contributed by atoms with Gasteiger partial charge in [0.2, 0.25) is 0 Å². The topological polar surface area (TPSA) is 38.3 Å². The molecule has 108 valence electrons. The smallest absolute Gasteiger partial charge is 0.308 e. The summed E-state index contributed by atoms with van der Waals surface area (Å²) in [6, 6.07) is 18.4. The van der Waals surface area contributed by atoms with E-state index in [9.17, 15) is 4.79 Å². The highest BCUT2D eigenvalue weighted by molar-refractivity contribution is 8.01. The molecule has 2 aromatic rings. The van der Waals surface area contributed by atoms with Gasteiger partial charge < -0.3 is 10.1 Å². The van der Waals surface area contributed by atoms with Crippen LogP contribution in [0.15, 0.2) is 59.5 Å². The lowest BCUT2D eigenvalue weighted by Gasteiger charge is -2.28. The maximum absolute atomic E-state index is 11.8. The van der Waals surface area contributed by atoms with E-state index in [-0.39, 0.29) is 10.8 Å². The highest BCUT2D eigenvalue weighted by Crippen LogP contribution is 2.48. The molecule has 4 heteroatoms. The fraction of sp³-hybridized carbons (Fsp3) is 0.235. The minimum absolute atomic E-state index is 0.196. The van der Waals surface area contributed by atoms with Crippen molar-refractivity contribution < 1.29 is 9.53 Å². The van der Waals surface area contributed by atoms with E-state index in [4.69, 9.17) is 4.74 Å². The molecule has 0 fully saturated rings. The number of hydrogen-bond acceptors (Lipinski definition) is 4. The Morgan fingerprint density at radius 2 is 1.86 bits per heavy atom. The number of para-hydroxylation sites is 1. The molecule has 0 saturated heterocycles. The van der Waals surface area contributed by atoms with E-state index < -0.39 is 0 Å². The van der Waals surface area contributed by atoms with E-state index in [0.29, 0.717) is 6.42 Å². The Kier molecular flexibility index (Phi) is 3.88. The van der Waals surface area contributed by atoms with Crippen molar-refractivity contribution in [3.63, 3.8) is 0 Å². The first-order valence-electron chi connectivity index (χ1n) is 6.88. The second-order valence-corrected chi connectivity index (χ2v) is 6.56. The van der Waals surface area contributed by atoms with Crippen LogP contribution >= 0.6 is 11.8 Å². The van der Waals surface area contributed by atoms with Crippen molar-refractivity contribution in [1.29, 1.82) is 0 Å². The Labute approximate surface area is 128 Å². The van der Waals surface area contributed by atoms with E-state index in [1.807, 2.05) is 36.4 Å². The van der Waals surface area contributed by atoms with Gasteiger partial charge in [0, 0.05) is 17.0 Å². The molecule has 21 heavy (non-hydrogen) atoms. The molecule has 1 N–H and O–H groups in total.